The van der Waals surface area contributed by atoms with Gasteiger partial charge in [-0.15, -0.1) is 5.10 Å². The lowest BCUT2D eigenvalue weighted by Gasteiger charge is -2.37. The van der Waals surface area contributed by atoms with Crippen molar-refractivity contribution in [3.05, 3.63) is 72.2 Å². The number of nitrogens with zero attached hydrogens (tertiary/aromatic N) is 5. The molecule has 1 aromatic heterocycles. The van der Waals surface area contributed by atoms with Crippen LogP contribution in [0.2, 0.25) is 0 Å². The van der Waals surface area contributed by atoms with Gasteiger partial charge in [0.2, 0.25) is 11.8 Å². The van der Waals surface area contributed by atoms with Crippen molar-refractivity contribution in [2.45, 2.75) is 97.8 Å². The van der Waals surface area contributed by atoms with Gasteiger partial charge < -0.3 is 24.6 Å². The van der Waals surface area contributed by atoms with Gasteiger partial charge in [-0.05, 0) is 69.4 Å². The topological polar surface area (TPSA) is 148 Å². The van der Waals surface area contributed by atoms with E-state index < -0.39 is 41.1 Å². The number of rotatable bonds is 11. The molecule has 2 fully saturated rings. The molecule has 5 atom stereocenters. The summed E-state index contributed by atoms with van der Waals surface area (Å²) in [5.74, 6) is -1.78. The van der Waals surface area contributed by atoms with E-state index in [0.29, 0.717) is 37.3 Å². The largest absolute Gasteiger partial charge is 0.459 e. The van der Waals surface area contributed by atoms with E-state index in [1.165, 1.54) is 12.1 Å². The Labute approximate surface area is 304 Å². The molecule has 52 heavy (non-hydrogen) atoms. The van der Waals surface area contributed by atoms with Crippen LogP contribution >= 0.6 is 0 Å². The predicted molar refractivity (Wildman–Crippen MR) is 191 cm³/mol. The molecule has 5 unspecified atom stereocenters. The fourth-order valence-electron chi connectivity index (χ4n) is 6.81. The van der Waals surface area contributed by atoms with Crippen LogP contribution in [0.1, 0.15) is 60.5 Å². The molecule has 280 valence electrons. The normalized spacial score (nSPS) is 19.9. The molecule has 0 spiro atoms. The van der Waals surface area contributed by atoms with Gasteiger partial charge in [-0.25, -0.2) is 9.18 Å². The van der Waals surface area contributed by atoms with E-state index in [2.05, 4.69) is 20.9 Å². The van der Waals surface area contributed by atoms with Crippen LogP contribution in [0.4, 0.5) is 9.18 Å². The number of likely N-dealkylation sites (tertiary alicyclic amines) is 2. The van der Waals surface area contributed by atoms with E-state index in [1.807, 2.05) is 51.1 Å². The number of carbonyl (C=O) groups excluding carboxylic acids is 4. The molecular formula is C38H50FN7O6. The Morgan fingerprint density at radius 3 is 2.33 bits per heavy atom. The number of halogens is 1. The maximum absolute atomic E-state index is 14.5. The molecule has 2 aliphatic rings. The fourth-order valence-corrected chi connectivity index (χ4v) is 6.81. The van der Waals surface area contributed by atoms with Crippen molar-refractivity contribution in [1.29, 1.82) is 0 Å². The van der Waals surface area contributed by atoms with Crippen molar-refractivity contribution < 1.29 is 33.0 Å². The van der Waals surface area contributed by atoms with Crippen molar-refractivity contribution in [1.82, 2.24) is 35.4 Å². The lowest BCUT2D eigenvalue weighted by molar-refractivity contribution is -0.153. The SMILES string of the molecule is CC(NCC(=O)OC(C)(C)C)C(=O)NC(C(=O)N1CCC2C1C(Cn1cc(-c3ccc(F)cc3)nn1)CN2C(=O)OCc1ccccc1)C(C)(C)C. The minimum absolute atomic E-state index is 0.114. The van der Waals surface area contributed by atoms with E-state index in [-0.39, 0.29) is 42.9 Å². The number of esters is 1. The summed E-state index contributed by atoms with van der Waals surface area (Å²) >= 11 is 0. The lowest BCUT2D eigenvalue weighted by atomic mass is 9.85. The van der Waals surface area contributed by atoms with Gasteiger partial charge in [0.1, 0.15) is 29.8 Å². The zero-order valence-electron chi connectivity index (χ0n) is 31.0. The molecule has 0 bridgehead atoms. The van der Waals surface area contributed by atoms with Crippen molar-refractivity contribution in [2.24, 2.45) is 11.3 Å². The number of aromatic nitrogens is 3. The number of benzene rings is 2. The molecule has 3 amide bonds. The first kappa shape index (κ1) is 38.4. The summed E-state index contributed by atoms with van der Waals surface area (Å²) in [6, 6.07) is 13.0. The van der Waals surface area contributed by atoms with Gasteiger partial charge in [0.25, 0.3) is 0 Å². The van der Waals surface area contributed by atoms with Crippen molar-refractivity contribution >= 4 is 23.9 Å². The molecule has 3 aromatic rings. The first-order valence-electron chi connectivity index (χ1n) is 17.7. The molecule has 2 saturated heterocycles. The quantitative estimate of drug-likeness (QED) is 0.279. The third-order valence-electron chi connectivity index (χ3n) is 9.32. The first-order valence-corrected chi connectivity index (χ1v) is 17.7. The number of ether oxygens (including phenoxy) is 2. The van der Waals surface area contributed by atoms with E-state index in [0.717, 1.165) is 5.56 Å². The summed E-state index contributed by atoms with van der Waals surface area (Å²) in [5.41, 5.74) is 0.805. The highest BCUT2D eigenvalue weighted by molar-refractivity contribution is 5.91. The maximum Gasteiger partial charge on any atom is 0.410 e. The van der Waals surface area contributed by atoms with Crippen LogP contribution in [0.25, 0.3) is 11.3 Å². The second-order valence-corrected chi connectivity index (χ2v) is 15.7. The number of carbonyl (C=O) groups is 4. The summed E-state index contributed by atoms with van der Waals surface area (Å²) < 4.78 is 26.3. The third-order valence-corrected chi connectivity index (χ3v) is 9.32. The molecule has 0 aliphatic carbocycles. The third kappa shape index (κ3) is 9.52. The summed E-state index contributed by atoms with van der Waals surface area (Å²) in [5, 5.41) is 14.5. The van der Waals surface area contributed by atoms with Crippen LogP contribution in [0.5, 0.6) is 0 Å². The molecule has 2 N–H and O–H groups in total. The maximum atomic E-state index is 14.5. The summed E-state index contributed by atoms with van der Waals surface area (Å²) in [4.78, 5) is 57.3. The van der Waals surface area contributed by atoms with Gasteiger partial charge in [-0.3, -0.25) is 24.4 Å². The number of hydrogen-bond acceptors (Lipinski definition) is 9. The number of nitrogens with one attached hydrogen (secondary N) is 2. The first-order chi connectivity index (χ1) is 24.5. The molecule has 3 heterocycles. The zero-order chi connectivity index (χ0) is 37.8. The highest BCUT2D eigenvalue weighted by Crippen LogP contribution is 2.38. The second kappa shape index (κ2) is 15.8. The molecule has 0 radical (unpaired) electrons. The van der Waals surface area contributed by atoms with Crippen molar-refractivity contribution in [3.63, 3.8) is 0 Å². The van der Waals surface area contributed by atoms with Gasteiger partial charge >= 0.3 is 12.1 Å². The Hall–Kier alpha value is -4.85. The average Bonchev–Trinajstić information content (AvgIpc) is 3.81. The smallest absolute Gasteiger partial charge is 0.410 e. The highest BCUT2D eigenvalue weighted by Gasteiger charge is 2.54. The summed E-state index contributed by atoms with van der Waals surface area (Å²) in [7, 11) is 0. The van der Waals surface area contributed by atoms with Gasteiger partial charge in [0, 0.05) is 31.1 Å². The molecule has 13 nitrogen and oxygen atoms in total. The molecule has 2 aromatic carbocycles. The van der Waals surface area contributed by atoms with E-state index >= 15 is 0 Å². The van der Waals surface area contributed by atoms with Gasteiger partial charge in [0.15, 0.2) is 0 Å². The molecule has 2 aliphatic heterocycles. The Bertz CT molecular complexity index is 1720. The average molecular weight is 720 g/mol. The monoisotopic (exact) mass is 719 g/mol. The molecule has 0 saturated carbocycles. The minimum Gasteiger partial charge on any atom is -0.459 e. The van der Waals surface area contributed by atoms with E-state index in [1.54, 1.807) is 60.5 Å². The Morgan fingerprint density at radius 2 is 1.67 bits per heavy atom. The number of hydrogen-bond donors (Lipinski definition) is 2. The Kier molecular flexibility index (Phi) is 11.7. The van der Waals surface area contributed by atoms with Crippen LogP contribution in [0, 0.1) is 17.2 Å². The molecule has 5 rings (SSSR count). The second-order valence-electron chi connectivity index (χ2n) is 15.7. The predicted octanol–water partition coefficient (Wildman–Crippen LogP) is 4.17. The van der Waals surface area contributed by atoms with Gasteiger partial charge in [0.05, 0.1) is 30.9 Å². The standard InChI is InChI=1S/C38H50FN7O6/c1-24(40-19-31(47)52-38(5,6)7)34(48)41-33(37(2,3)4)35(49)45-18-17-30-32(45)27(21-46(30)36(50)51-23-25-11-9-8-10-12-25)20-44-22-29(42-43-44)26-13-15-28(39)16-14-26/h8-16,22,24,27,30,32-33,40H,17-21,23H2,1-7H3,(H,41,48). The van der Waals surface area contributed by atoms with Crippen LogP contribution < -0.4 is 10.6 Å². The number of amides is 3. The fraction of sp³-hybridized carbons (Fsp3) is 0.526. The van der Waals surface area contributed by atoms with E-state index in [4.69, 9.17) is 9.47 Å². The molecule has 14 heteroatoms. The van der Waals surface area contributed by atoms with E-state index in [9.17, 15) is 23.6 Å². The number of fused-ring (bicyclic) bond motifs is 1. The summed E-state index contributed by atoms with van der Waals surface area (Å²) in [6.07, 6.45) is 1.83. The van der Waals surface area contributed by atoms with Crippen molar-refractivity contribution in [2.75, 3.05) is 19.6 Å². The Balaban J connectivity index is 1.34. The van der Waals surface area contributed by atoms with Crippen LogP contribution in [-0.4, -0.2) is 98.1 Å². The summed E-state index contributed by atoms with van der Waals surface area (Å²) in [6.45, 7) is 13.6. The van der Waals surface area contributed by atoms with Gasteiger partial charge in [-0.2, -0.15) is 0 Å². The molecular weight excluding hydrogens is 669 g/mol. The van der Waals surface area contributed by atoms with Crippen molar-refractivity contribution in [3.8, 4) is 11.3 Å². The van der Waals surface area contributed by atoms with Gasteiger partial charge in [-0.1, -0.05) is 56.3 Å². The van der Waals surface area contributed by atoms with Crippen LogP contribution in [0.3, 0.4) is 0 Å². The van der Waals surface area contributed by atoms with Crippen LogP contribution in [-0.2, 0) is 37.0 Å². The Morgan fingerprint density at radius 1 is 0.981 bits per heavy atom. The minimum atomic E-state index is -0.902. The zero-order valence-corrected chi connectivity index (χ0v) is 31.0. The highest BCUT2D eigenvalue weighted by atomic mass is 19.1. The van der Waals surface area contributed by atoms with Crippen LogP contribution in [0.15, 0.2) is 60.8 Å². The lowest BCUT2D eigenvalue weighted by Crippen LogP contribution is -2.59.